The number of esters is 1. The number of ether oxygens (including phenoxy) is 4. The molecular formula is C22H16ClN3O5. The topological polar surface area (TPSA) is 104 Å². The number of carbonyl (C=O) groups is 1. The number of carbonyl (C=O) groups excluding carboxylic acids is 1. The van der Waals surface area contributed by atoms with Crippen LogP contribution in [0.2, 0.25) is 5.02 Å². The van der Waals surface area contributed by atoms with Crippen LogP contribution in [-0.2, 0) is 14.3 Å². The van der Waals surface area contributed by atoms with E-state index in [0.717, 1.165) is 0 Å². The van der Waals surface area contributed by atoms with Gasteiger partial charge in [-0.15, -0.1) is 0 Å². The van der Waals surface area contributed by atoms with Gasteiger partial charge in [0.25, 0.3) is 0 Å². The highest BCUT2D eigenvalue weighted by Gasteiger charge is 2.20. The average Bonchev–Trinajstić information content (AvgIpc) is 2.80. The number of benzene rings is 2. The molecule has 0 saturated heterocycles. The molecule has 0 radical (unpaired) electrons. The SMILES string of the molecule is COC=C(C(=O)OC)c1ccccc1Oc1ncnc(Oc2ccccc2C#N)c1Cl. The van der Waals surface area contributed by atoms with Crippen LogP contribution < -0.4 is 9.47 Å². The molecule has 156 valence electrons. The van der Waals surface area contributed by atoms with Crippen molar-refractivity contribution in [2.75, 3.05) is 14.2 Å². The molecule has 31 heavy (non-hydrogen) atoms. The molecule has 3 rings (SSSR count). The van der Waals surface area contributed by atoms with Crippen LogP contribution in [0.15, 0.2) is 61.1 Å². The van der Waals surface area contributed by atoms with Gasteiger partial charge in [0.05, 0.1) is 26.0 Å². The maximum Gasteiger partial charge on any atom is 0.341 e. The minimum absolute atomic E-state index is 0.00446. The molecule has 1 aromatic heterocycles. The molecule has 0 amide bonds. The van der Waals surface area contributed by atoms with Crippen molar-refractivity contribution < 1.29 is 23.7 Å². The summed E-state index contributed by atoms with van der Waals surface area (Å²) in [6.07, 6.45) is 2.46. The van der Waals surface area contributed by atoms with Crippen LogP contribution in [0.4, 0.5) is 0 Å². The van der Waals surface area contributed by atoms with Gasteiger partial charge in [0.2, 0.25) is 11.8 Å². The van der Waals surface area contributed by atoms with Crippen LogP contribution in [0.1, 0.15) is 11.1 Å². The summed E-state index contributed by atoms with van der Waals surface area (Å²) in [6.45, 7) is 0. The minimum Gasteiger partial charge on any atom is -0.503 e. The van der Waals surface area contributed by atoms with Gasteiger partial charge in [0, 0.05) is 5.56 Å². The quantitative estimate of drug-likeness (QED) is 0.296. The van der Waals surface area contributed by atoms with Crippen LogP contribution in [0.3, 0.4) is 0 Å². The van der Waals surface area contributed by atoms with Crippen LogP contribution in [-0.4, -0.2) is 30.2 Å². The number of aromatic nitrogens is 2. The molecule has 0 fully saturated rings. The summed E-state index contributed by atoms with van der Waals surface area (Å²) in [5.41, 5.74) is 0.866. The number of nitriles is 1. The summed E-state index contributed by atoms with van der Waals surface area (Å²) < 4.78 is 21.4. The van der Waals surface area contributed by atoms with Crippen LogP contribution in [0.25, 0.3) is 5.57 Å². The molecule has 0 N–H and O–H groups in total. The zero-order valence-corrected chi connectivity index (χ0v) is 17.3. The molecule has 0 aliphatic rings. The molecule has 2 aromatic carbocycles. The summed E-state index contributed by atoms with van der Waals surface area (Å²) in [5.74, 6) is -0.0420. The molecular weight excluding hydrogens is 422 g/mol. The monoisotopic (exact) mass is 437 g/mol. The predicted molar refractivity (Wildman–Crippen MR) is 112 cm³/mol. The maximum absolute atomic E-state index is 12.2. The second kappa shape index (κ2) is 10.1. The maximum atomic E-state index is 12.2. The lowest BCUT2D eigenvalue weighted by Crippen LogP contribution is -2.06. The summed E-state index contributed by atoms with van der Waals surface area (Å²) in [4.78, 5) is 20.2. The predicted octanol–water partition coefficient (Wildman–Crippen LogP) is 4.75. The summed E-state index contributed by atoms with van der Waals surface area (Å²) in [7, 11) is 2.68. The smallest absolute Gasteiger partial charge is 0.341 e. The van der Waals surface area contributed by atoms with Gasteiger partial charge in [-0.3, -0.25) is 0 Å². The van der Waals surface area contributed by atoms with Gasteiger partial charge in [0.1, 0.15) is 29.5 Å². The van der Waals surface area contributed by atoms with E-state index in [1.807, 2.05) is 6.07 Å². The highest BCUT2D eigenvalue weighted by atomic mass is 35.5. The Kier molecular flexibility index (Phi) is 7.04. The molecule has 1 heterocycles. The molecule has 3 aromatic rings. The van der Waals surface area contributed by atoms with Gasteiger partial charge in [-0.05, 0) is 18.2 Å². The molecule has 9 heteroatoms. The van der Waals surface area contributed by atoms with Gasteiger partial charge in [-0.1, -0.05) is 41.9 Å². The normalized spacial score (nSPS) is 10.7. The molecule has 0 bridgehead atoms. The van der Waals surface area contributed by atoms with Crippen molar-refractivity contribution in [3.63, 3.8) is 0 Å². The van der Waals surface area contributed by atoms with Crippen molar-refractivity contribution in [2.24, 2.45) is 0 Å². The fourth-order valence-electron chi connectivity index (χ4n) is 2.56. The van der Waals surface area contributed by atoms with Crippen molar-refractivity contribution in [2.45, 2.75) is 0 Å². The molecule has 0 spiro atoms. The molecule has 0 aliphatic heterocycles. The summed E-state index contributed by atoms with van der Waals surface area (Å²) in [5, 5.41) is 9.22. The van der Waals surface area contributed by atoms with Crippen LogP contribution in [0, 0.1) is 11.3 Å². The van der Waals surface area contributed by atoms with Gasteiger partial charge < -0.3 is 18.9 Å². The highest BCUT2D eigenvalue weighted by Crippen LogP contribution is 2.38. The van der Waals surface area contributed by atoms with E-state index in [2.05, 4.69) is 9.97 Å². The minimum atomic E-state index is -0.608. The Balaban J connectivity index is 1.97. The van der Waals surface area contributed by atoms with Crippen molar-refractivity contribution >= 4 is 23.1 Å². The number of nitrogens with zero attached hydrogens (tertiary/aromatic N) is 3. The molecule has 8 nitrogen and oxygen atoms in total. The highest BCUT2D eigenvalue weighted by molar-refractivity contribution is 6.33. The Morgan fingerprint density at radius 3 is 2.26 bits per heavy atom. The number of rotatable bonds is 7. The van der Waals surface area contributed by atoms with E-state index in [-0.39, 0.29) is 33.9 Å². The first-order valence-electron chi connectivity index (χ1n) is 8.85. The standard InChI is InChI=1S/C22H16ClN3O5/c1-28-12-16(22(27)29-2)15-8-4-6-10-18(15)31-21-19(23)20(25-13-26-21)30-17-9-5-3-7-14(17)11-24/h3-10,12-13H,1-2H3. The summed E-state index contributed by atoms with van der Waals surface area (Å²) in [6, 6.07) is 15.4. The first-order valence-corrected chi connectivity index (χ1v) is 9.22. The lowest BCUT2D eigenvalue weighted by atomic mass is 10.1. The molecule has 0 saturated carbocycles. The fourth-order valence-corrected chi connectivity index (χ4v) is 2.74. The van der Waals surface area contributed by atoms with Gasteiger partial charge in [-0.25, -0.2) is 4.79 Å². The third kappa shape index (κ3) is 4.91. The zero-order chi connectivity index (χ0) is 22.2. The summed E-state index contributed by atoms with van der Waals surface area (Å²) >= 11 is 6.40. The number of hydrogen-bond acceptors (Lipinski definition) is 8. The van der Waals surface area contributed by atoms with Crippen LogP contribution >= 0.6 is 11.6 Å². The second-order valence-electron chi connectivity index (χ2n) is 5.87. The van der Waals surface area contributed by atoms with Gasteiger partial charge in [0.15, 0.2) is 5.02 Å². The van der Waals surface area contributed by atoms with E-state index in [1.165, 1.54) is 26.8 Å². The number of methoxy groups -OCH3 is 2. The second-order valence-corrected chi connectivity index (χ2v) is 6.24. The third-order valence-corrected chi connectivity index (χ3v) is 4.29. The van der Waals surface area contributed by atoms with Crippen LogP contribution in [0.5, 0.6) is 23.3 Å². The third-order valence-electron chi connectivity index (χ3n) is 3.96. The lowest BCUT2D eigenvalue weighted by Gasteiger charge is -2.14. The lowest BCUT2D eigenvalue weighted by molar-refractivity contribution is -0.133. The van der Waals surface area contributed by atoms with E-state index in [9.17, 15) is 10.1 Å². The Bertz CT molecular complexity index is 1170. The van der Waals surface area contributed by atoms with Gasteiger partial charge in [-0.2, -0.15) is 15.2 Å². The van der Waals surface area contributed by atoms with Crippen molar-refractivity contribution in [1.29, 1.82) is 5.26 Å². The van der Waals surface area contributed by atoms with E-state index >= 15 is 0 Å². The molecule has 0 unspecified atom stereocenters. The van der Waals surface area contributed by atoms with E-state index in [0.29, 0.717) is 11.1 Å². The first-order chi connectivity index (χ1) is 15.1. The average molecular weight is 438 g/mol. The molecule has 0 aliphatic carbocycles. The number of para-hydroxylation sites is 2. The van der Waals surface area contributed by atoms with Crippen molar-refractivity contribution in [1.82, 2.24) is 9.97 Å². The first kappa shape index (κ1) is 21.6. The number of halogens is 1. The van der Waals surface area contributed by atoms with E-state index in [4.69, 9.17) is 30.5 Å². The molecule has 0 atom stereocenters. The van der Waals surface area contributed by atoms with Crippen molar-refractivity contribution in [3.05, 3.63) is 77.3 Å². The Hall–Kier alpha value is -4.09. The fraction of sp³-hybridized carbons (Fsp3) is 0.0909. The van der Waals surface area contributed by atoms with E-state index in [1.54, 1.807) is 48.5 Å². The number of hydrogen-bond donors (Lipinski definition) is 0. The van der Waals surface area contributed by atoms with Gasteiger partial charge >= 0.3 is 5.97 Å². The van der Waals surface area contributed by atoms with E-state index < -0.39 is 5.97 Å². The zero-order valence-electron chi connectivity index (χ0n) is 16.5. The largest absolute Gasteiger partial charge is 0.503 e. The Morgan fingerprint density at radius 2 is 1.61 bits per heavy atom. The Morgan fingerprint density at radius 1 is 1.00 bits per heavy atom. The van der Waals surface area contributed by atoms with Crippen molar-refractivity contribution in [3.8, 4) is 29.3 Å². The Labute approximate surface area is 183 Å².